The first-order valence-electron chi connectivity index (χ1n) is 19.8. The van der Waals surface area contributed by atoms with E-state index in [1.165, 1.54) is 0 Å². The summed E-state index contributed by atoms with van der Waals surface area (Å²) in [5.41, 5.74) is 1.66. The number of rotatable bonds is 28. The number of aryl methyl sites for hydroxylation is 1. The molecule has 2 rings (SSSR count). The predicted octanol–water partition coefficient (Wildman–Crippen LogP) is 3.17. The van der Waals surface area contributed by atoms with E-state index in [1.54, 1.807) is 6.33 Å². The quantitative estimate of drug-likeness (QED) is 0.0295. The van der Waals surface area contributed by atoms with Gasteiger partial charge in [0, 0.05) is 49.6 Å². The van der Waals surface area contributed by atoms with Crippen molar-refractivity contribution in [2.75, 3.05) is 66.4 Å². The molecule has 0 spiro atoms. The summed E-state index contributed by atoms with van der Waals surface area (Å²) in [6.07, 6.45) is 4.72. The van der Waals surface area contributed by atoms with Gasteiger partial charge < -0.3 is 57.2 Å². The monoisotopic (exact) mass is 1200 g/mol. The van der Waals surface area contributed by atoms with Gasteiger partial charge in [-0.1, -0.05) is 19.3 Å². The summed E-state index contributed by atoms with van der Waals surface area (Å²) in [5, 5.41) is 0. The van der Waals surface area contributed by atoms with Crippen LogP contribution in [0.1, 0.15) is 66.2 Å². The van der Waals surface area contributed by atoms with Crippen LogP contribution in [0.4, 0.5) is 0 Å². The minimum Gasteiger partial charge on any atom is -0.428 e. The Balaban J connectivity index is 2.25. The Kier molecular flexibility index (Phi) is 26.1. The zero-order valence-corrected chi connectivity index (χ0v) is 42.9. The van der Waals surface area contributed by atoms with Crippen LogP contribution in [0.15, 0.2) is 24.2 Å². The largest absolute Gasteiger partial charge is 0.428 e. The first-order chi connectivity index (χ1) is 31.6. The number of fused-ring (bicyclic) bond motifs is 1. The molecule has 67 heavy (non-hydrogen) atoms. The standard InChI is InChI=1S/C39H47Br4N5O19/c1-23(49)60-19-64-30(56)14-46(27(53)10-8-6-5-7-9-11-45-18-44-38-36(42)34(40)35(41)37(43)39(38)45)12-28(54)47(15-31(57)65-20-61-24(2)50)13-29(55)48(16-32(58)66-21-62-25(3)51)17-33(59)67-22-63-26(4)52/h18H,5-17,19-22H2,1-4H3. The van der Waals surface area contributed by atoms with Crippen molar-refractivity contribution in [3.8, 4) is 0 Å². The topological polar surface area (TPSA) is 289 Å². The van der Waals surface area contributed by atoms with Gasteiger partial charge >= 0.3 is 47.8 Å². The minimum atomic E-state index is -1.23. The first-order valence-corrected chi connectivity index (χ1v) is 22.9. The molecular weight excluding hydrogens is 1160 g/mol. The number of halogens is 4. The van der Waals surface area contributed by atoms with Crippen molar-refractivity contribution in [2.45, 2.75) is 72.8 Å². The number of unbranched alkanes of at least 4 members (excludes halogenated alkanes) is 4. The highest BCUT2D eigenvalue weighted by Crippen LogP contribution is 2.43. The van der Waals surface area contributed by atoms with Crippen LogP contribution < -0.4 is 0 Å². The summed E-state index contributed by atoms with van der Waals surface area (Å²) in [4.78, 5) is 143. The predicted molar refractivity (Wildman–Crippen MR) is 239 cm³/mol. The smallest absolute Gasteiger partial charge is 0.328 e. The molecule has 0 aliphatic heterocycles. The van der Waals surface area contributed by atoms with E-state index in [2.05, 4.69) is 87.7 Å². The fourth-order valence-electron chi connectivity index (χ4n) is 5.33. The molecule has 0 unspecified atom stereocenters. The summed E-state index contributed by atoms with van der Waals surface area (Å²) in [7, 11) is 0. The van der Waals surface area contributed by atoms with Crippen molar-refractivity contribution in [1.82, 2.24) is 24.3 Å². The Morgan fingerprint density at radius 3 is 1.19 bits per heavy atom. The van der Waals surface area contributed by atoms with E-state index in [4.69, 9.17) is 18.9 Å². The zero-order valence-electron chi connectivity index (χ0n) is 36.6. The average molecular weight is 1210 g/mol. The Morgan fingerprint density at radius 1 is 0.448 bits per heavy atom. The van der Waals surface area contributed by atoms with E-state index in [9.17, 15) is 52.7 Å². The van der Waals surface area contributed by atoms with Crippen molar-refractivity contribution in [3.05, 3.63) is 24.2 Å². The number of nitrogens with zero attached hydrogens (tertiary/aromatic N) is 5. The van der Waals surface area contributed by atoms with Gasteiger partial charge in [-0.25, -0.2) is 4.98 Å². The molecule has 370 valence electrons. The zero-order chi connectivity index (χ0) is 50.2. The summed E-state index contributed by atoms with van der Waals surface area (Å²) in [6.45, 7) is -4.58. The first kappa shape index (κ1) is 57.9. The highest BCUT2D eigenvalue weighted by Gasteiger charge is 2.30. The van der Waals surface area contributed by atoms with Crippen molar-refractivity contribution >= 4 is 140 Å². The van der Waals surface area contributed by atoms with Gasteiger partial charge in [-0.3, -0.25) is 52.7 Å². The van der Waals surface area contributed by atoms with Crippen LogP contribution in [-0.4, -0.2) is 156 Å². The number of hydrogen-bond acceptors (Lipinski definition) is 20. The molecule has 0 saturated carbocycles. The van der Waals surface area contributed by atoms with Gasteiger partial charge in [0.25, 0.3) is 0 Å². The Hall–Kier alpha value is -5.22. The molecule has 0 saturated heterocycles. The third-order valence-electron chi connectivity index (χ3n) is 8.54. The van der Waals surface area contributed by atoms with Crippen molar-refractivity contribution in [3.63, 3.8) is 0 Å². The second kappa shape index (κ2) is 30.2. The molecule has 0 atom stereocenters. The molecule has 28 heteroatoms. The highest BCUT2D eigenvalue weighted by atomic mass is 79.9. The Bertz CT molecular complexity index is 2120. The normalized spacial score (nSPS) is 10.6. The van der Waals surface area contributed by atoms with Gasteiger partial charge in [-0.05, 0) is 76.6 Å². The van der Waals surface area contributed by atoms with Crippen LogP contribution in [0.25, 0.3) is 11.0 Å². The average Bonchev–Trinajstić information content (AvgIpc) is 3.67. The van der Waals surface area contributed by atoms with E-state index < -0.39 is 132 Å². The molecule has 0 bridgehead atoms. The lowest BCUT2D eigenvalue weighted by Gasteiger charge is -2.28. The number of ether oxygens (including phenoxy) is 8. The summed E-state index contributed by atoms with van der Waals surface area (Å²) in [5.74, 6) is -11.0. The lowest BCUT2D eigenvalue weighted by Crippen LogP contribution is -2.51. The number of imidazole rings is 1. The van der Waals surface area contributed by atoms with E-state index in [-0.39, 0.29) is 6.42 Å². The van der Waals surface area contributed by atoms with Crippen LogP contribution in [0.3, 0.4) is 0 Å². The maximum atomic E-state index is 13.9. The molecule has 1 aromatic heterocycles. The third-order valence-corrected chi connectivity index (χ3v) is 13.3. The van der Waals surface area contributed by atoms with Crippen LogP contribution in [-0.2, 0) is 97.2 Å². The molecule has 1 heterocycles. The highest BCUT2D eigenvalue weighted by molar-refractivity contribution is 9.15. The maximum Gasteiger partial charge on any atom is 0.328 e. The van der Waals surface area contributed by atoms with Crippen molar-refractivity contribution < 1.29 is 90.6 Å². The third kappa shape index (κ3) is 22.0. The van der Waals surface area contributed by atoms with E-state index in [1.807, 2.05) is 4.57 Å². The van der Waals surface area contributed by atoms with Gasteiger partial charge in [0.1, 0.15) is 44.8 Å². The summed E-state index contributed by atoms with van der Waals surface area (Å²) in [6, 6.07) is 0. The molecule has 0 fully saturated rings. The second-order valence-corrected chi connectivity index (χ2v) is 16.9. The molecule has 24 nitrogen and oxygen atoms in total. The van der Waals surface area contributed by atoms with Gasteiger partial charge in [0.2, 0.25) is 44.9 Å². The molecule has 1 aromatic carbocycles. The molecule has 0 aliphatic carbocycles. The van der Waals surface area contributed by atoms with Crippen molar-refractivity contribution in [2.24, 2.45) is 0 Å². The van der Waals surface area contributed by atoms with E-state index >= 15 is 0 Å². The fourth-order valence-corrected chi connectivity index (χ4v) is 7.74. The van der Waals surface area contributed by atoms with Crippen LogP contribution in [0, 0.1) is 0 Å². The van der Waals surface area contributed by atoms with E-state index in [0.29, 0.717) is 35.6 Å². The van der Waals surface area contributed by atoms with Gasteiger partial charge in [0.05, 0.1) is 20.8 Å². The van der Waals surface area contributed by atoms with Crippen LogP contribution in [0.2, 0.25) is 0 Å². The lowest BCUT2D eigenvalue weighted by molar-refractivity contribution is -0.172. The van der Waals surface area contributed by atoms with Crippen LogP contribution in [0.5, 0.6) is 0 Å². The Labute approximate surface area is 416 Å². The van der Waals surface area contributed by atoms with Crippen molar-refractivity contribution in [1.29, 1.82) is 0 Å². The molecule has 2 aromatic rings. The maximum absolute atomic E-state index is 13.9. The molecule has 0 aliphatic rings. The van der Waals surface area contributed by atoms with Crippen LogP contribution >= 0.6 is 63.7 Å². The fraction of sp³-hybridized carbons (Fsp3) is 0.538. The van der Waals surface area contributed by atoms with Gasteiger partial charge in [0.15, 0.2) is 0 Å². The van der Waals surface area contributed by atoms with E-state index in [0.717, 1.165) is 74.4 Å². The summed E-state index contributed by atoms with van der Waals surface area (Å²) < 4.78 is 42.8. The lowest BCUT2D eigenvalue weighted by atomic mass is 10.1. The molecular formula is C39H47Br4N5O19. The second-order valence-electron chi connectivity index (χ2n) is 13.7. The number of carbonyl (C=O) groups excluding carboxylic acids is 11. The SMILES string of the molecule is CC(=O)OCOC(=O)CN(CC(=O)OCOC(C)=O)C(=O)CN(CC(=O)OCOC(C)=O)C(=O)CN(CC(=O)OCOC(C)=O)C(=O)CCCCCCCn1cnc2c(Br)c(Br)c(Br)c(Br)c21. The number of amides is 3. The van der Waals surface area contributed by atoms with Gasteiger partial charge in [-0.2, -0.15) is 0 Å². The number of esters is 8. The molecule has 0 radical (unpaired) electrons. The minimum absolute atomic E-state index is 0.164. The number of carbonyl (C=O) groups is 11. The number of hydrogen-bond donors (Lipinski definition) is 0. The number of aromatic nitrogens is 2. The molecule has 3 amide bonds. The van der Waals surface area contributed by atoms with Gasteiger partial charge in [-0.15, -0.1) is 0 Å². The molecule has 0 N–H and O–H groups in total. The Morgan fingerprint density at radius 2 is 0.791 bits per heavy atom. The number of benzene rings is 1. The summed E-state index contributed by atoms with van der Waals surface area (Å²) >= 11 is 14.3.